The van der Waals surface area contributed by atoms with Gasteiger partial charge in [-0.25, -0.2) is 4.79 Å². The van der Waals surface area contributed by atoms with Crippen molar-refractivity contribution in [3.8, 4) is 5.75 Å². The van der Waals surface area contributed by atoms with Gasteiger partial charge in [-0.1, -0.05) is 42.5 Å². The number of nitrogens with one attached hydrogen (secondary N) is 1. The Balaban J connectivity index is 1.61. The molecule has 0 spiro atoms. The molecule has 0 unspecified atom stereocenters. The minimum absolute atomic E-state index is 0.0338. The standard InChI is InChI=1S/C20H24N2O3/c23-12-13-25-19-10-4-3-7-17(19)14-21-20(24)22-11-5-9-16-6-1-2-8-18(16)15-22/h1-4,6-8,10,23H,5,9,11-15H2,(H,21,24). The third-order valence-electron chi connectivity index (χ3n) is 4.39. The summed E-state index contributed by atoms with van der Waals surface area (Å²) in [7, 11) is 0. The molecule has 2 aromatic carbocycles. The van der Waals surface area contributed by atoms with Crippen LogP contribution in [0.15, 0.2) is 48.5 Å². The van der Waals surface area contributed by atoms with Gasteiger partial charge in [0.1, 0.15) is 12.4 Å². The molecule has 2 N–H and O–H groups in total. The van der Waals surface area contributed by atoms with Crippen LogP contribution >= 0.6 is 0 Å². The monoisotopic (exact) mass is 340 g/mol. The van der Waals surface area contributed by atoms with Gasteiger partial charge in [0, 0.05) is 25.2 Å². The molecule has 1 heterocycles. The second kappa shape index (κ2) is 8.53. The number of para-hydroxylation sites is 1. The number of hydrogen-bond acceptors (Lipinski definition) is 3. The van der Waals surface area contributed by atoms with E-state index in [0.29, 0.717) is 18.8 Å². The Morgan fingerprint density at radius 2 is 1.88 bits per heavy atom. The van der Waals surface area contributed by atoms with E-state index in [2.05, 4.69) is 23.5 Å². The van der Waals surface area contributed by atoms with Crippen molar-refractivity contribution in [3.63, 3.8) is 0 Å². The number of ether oxygens (including phenoxy) is 1. The van der Waals surface area contributed by atoms with Gasteiger partial charge in [0.05, 0.1) is 6.61 Å². The van der Waals surface area contributed by atoms with Crippen molar-refractivity contribution >= 4 is 6.03 Å². The van der Waals surface area contributed by atoms with Crippen LogP contribution in [0.3, 0.4) is 0 Å². The first kappa shape index (κ1) is 17.3. The minimum Gasteiger partial charge on any atom is -0.491 e. The Hall–Kier alpha value is -2.53. The number of benzene rings is 2. The lowest BCUT2D eigenvalue weighted by Crippen LogP contribution is -2.39. The van der Waals surface area contributed by atoms with Gasteiger partial charge in [-0.05, 0) is 30.0 Å². The van der Waals surface area contributed by atoms with Gasteiger partial charge in [0.15, 0.2) is 0 Å². The molecule has 2 amide bonds. The average molecular weight is 340 g/mol. The number of carbonyl (C=O) groups excluding carboxylic acids is 1. The van der Waals surface area contributed by atoms with E-state index < -0.39 is 0 Å². The maximum atomic E-state index is 12.6. The summed E-state index contributed by atoms with van der Waals surface area (Å²) in [6, 6.07) is 15.8. The number of hydrogen-bond donors (Lipinski definition) is 2. The molecule has 0 bridgehead atoms. The molecule has 0 fully saturated rings. The van der Waals surface area contributed by atoms with Gasteiger partial charge in [-0.15, -0.1) is 0 Å². The summed E-state index contributed by atoms with van der Waals surface area (Å²) in [6.07, 6.45) is 1.98. The second-order valence-corrected chi connectivity index (χ2v) is 6.13. The lowest BCUT2D eigenvalue weighted by Gasteiger charge is -2.22. The van der Waals surface area contributed by atoms with Crippen molar-refractivity contribution in [2.24, 2.45) is 0 Å². The molecule has 0 aliphatic carbocycles. The largest absolute Gasteiger partial charge is 0.491 e. The van der Waals surface area contributed by atoms with Gasteiger partial charge in [-0.3, -0.25) is 0 Å². The lowest BCUT2D eigenvalue weighted by molar-refractivity contribution is 0.193. The molecule has 3 rings (SSSR count). The summed E-state index contributed by atoms with van der Waals surface area (Å²) in [6.45, 7) is 2.01. The molecule has 2 aromatic rings. The highest BCUT2D eigenvalue weighted by Crippen LogP contribution is 2.20. The number of rotatable bonds is 5. The van der Waals surface area contributed by atoms with E-state index in [-0.39, 0.29) is 19.2 Å². The first-order valence-electron chi connectivity index (χ1n) is 8.69. The van der Waals surface area contributed by atoms with Crippen molar-refractivity contribution in [2.75, 3.05) is 19.8 Å². The van der Waals surface area contributed by atoms with Crippen LogP contribution in [-0.2, 0) is 19.5 Å². The van der Waals surface area contributed by atoms with Gasteiger partial charge < -0.3 is 20.1 Å². The highest BCUT2D eigenvalue weighted by atomic mass is 16.5. The van der Waals surface area contributed by atoms with Crippen LogP contribution in [0.4, 0.5) is 4.79 Å². The molecule has 132 valence electrons. The van der Waals surface area contributed by atoms with Crippen molar-refractivity contribution in [3.05, 3.63) is 65.2 Å². The molecule has 1 aliphatic heterocycles. The summed E-state index contributed by atoms with van der Waals surface area (Å²) in [5.41, 5.74) is 3.46. The van der Waals surface area contributed by atoms with Crippen LogP contribution in [0, 0.1) is 0 Å². The Kier molecular flexibility index (Phi) is 5.90. The normalized spacial score (nSPS) is 13.7. The van der Waals surface area contributed by atoms with Crippen molar-refractivity contribution in [2.45, 2.75) is 25.9 Å². The highest BCUT2D eigenvalue weighted by molar-refractivity contribution is 5.74. The van der Waals surface area contributed by atoms with Gasteiger partial charge >= 0.3 is 6.03 Å². The zero-order chi connectivity index (χ0) is 17.5. The number of nitrogens with zero attached hydrogens (tertiary/aromatic N) is 1. The van der Waals surface area contributed by atoms with Crippen LogP contribution < -0.4 is 10.1 Å². The van der Waals surface area contributed by atoms with E-state index >= 15 is 0 Å². The summed E-state index contributed by atoms with van der Waals surface area (Å²) in [5.74, 6) is 0.693. The smallest absolute Gasteiger partial charge is 0.317 e. The number of urea groups is 1. The minimum atomic E-state index is -0.0614. The molecule has 0 aromatic heterocycles. The molecule has 25 heavy (non-hydrogen) atoms. The number of aliphatic hydroxyl groups excluding tert-OH is 1. The second-order valence-electron chi connectivity index (χ2n) is 6.13. The first-order chi connectivity index (χ1) is 12.3. The van der Waals surface area contributed by atoms with E-state index in [4.69, 9.17) is 9.84 Å². The summed E-state index contributed by atoms with van der Waals surface area (Å²) < 4.78 is 5.52. The summed E-state index contributed by atoms with van der Waals surface area (Å²) in [4.78, 5) is 14.5. The molecular weight excluding hydrogens is 316 g/mol. The SMILES string of the molecule is O=C(NCc1ccccc1OCCO)N1CCCc2ccccc2C1. The predicted octanol–water partition coefficient (Wildman–Crippen LogP) is 2.72. The molecule has 1 aliphatic rings. The average Bonchev–Trinajstić information content (AvgIpc) is 2.87. The fraction of sp³-hybridized carbons (Fsp3) is 0.350. The Bertz CT molecular complexity index is 718. The van der Waals surface area contributed by atoms with Gasteiger partial charge in [-0.2, -0.15) is 0 Å². The van der Waals surface area contributed by atoms with Crippen molar-refractivity contribution < 1.29 is 14.6 Å². The molecule has 0 saturated heterocycles. The zero-order valence-corrected chi connectivity index (χ0v) is 14.3. The van der Waals surface area contributed by atoms with Crippen LogP contribution in [0.1, 0.15) is 23.1 Å². The van der Waals surface area contributed by atoms with E-state index in [9.17, 15) is 4.79 Å². The number of fused-ring (bicyclic) bond motifs is 1. The number of aryl methyl sites for hydroxylation is 1. The van der Waals surface area contributed by atoms with Crippen LogP contribution in [0.25, 0.3) is 0 Å². The van der Waals surface area contributed by atoms with Gasteiger partial charge in [0.25, 0.3) is 0 Å². The lowest BCUT2D eigenvalue weighted by atomic mass is 10.0. The Morgan fingerprint density at radius 1 is 1.12 bits per heavy atom. The predicted molar refractivity (Wildman–Crippen MR) is 96.4 cm³/mol. The third kappa shape index (κ3) is 4.51. The molecule has 0 radical (unpaired) electrons. The van der Waals surface area contributed by atoms with Crippen molar-refractivity contribution in [1.29, 1.82) is 0 Å². The summed E-state index contributed by atoms with van der Waals surface area (Å²) in [5, 5.41) is 11.9. The first-order valence-corrected chi connectivity index (χ1v) is 8.69. The number of aliphatic hydroxyl groups is 1. The fourth-order valence-corrected chi connectivity index (χ4v) is 3.10. The molecular formula is C20H24N2O3. The Labute approximate surface area is 148 Å². The fourth-order valence-electron chi connectivity index (χ4n) is 3.10. The molecule has 5 heteroatoms. The maximum Gasteiger partial charge on any atom is 0.317 e. The topological polar surface area (TPSA) is 61.8 Å². The number of amides is 2. The Morgan fingerprint density at radius 3 is 2.72 bits per heavy atom. The van der Waals surface area contributed by atoms with E-state index in [0.717, 1.165) is 24.9 Å². The van der Waals surface area contributed by atoms with E-state index in [1.165, 1.54) is 11.1 Å². The van der Waals surface area contributed by atoms with Crippen LogP contribution in [0.2, 0.25) is 0 Å². The van der Waals surface area contributed by atoms with Crippen molar-refractivity contribution in [1.82, 2.24) is 10.2 Å². The van der Waals surface area contributed by atoms with E-state index in [1.54, 1.807) is 0 Å². The quantitative estimate of drug-likeness (QED) is 0.880. The zero-order valence-electron chi connectivity index (χ0n) is 14.3. The maximum absolute atomic E-state index is 12.6. The molecule has 0 atom stereocenters. The molecule has 0 saturated carbocycles. The molecule has 5 nitrogen and oxygen atoms in total. The highest BCUT2D eigenvalue weighted by Gasteiger charge is 2.18. The van der Waals surface area contributed by atoms with E-state index in [1.807, 2.05) is 35.2 Å². The third-order valence-corrected chi connectivity index (χ3v) is 4.39. The summed E-state index contributed by atoms with van der Waals surface area (Å²) >= 11 is 0. The van der Waals surface area contributed by atoms with Gasteiger partial charge in [0.2, 0.25) is 0 Å². The number of carbonyl (C=O) groups is 1. The van der Waals surface area contributed by atoms with Crippen LogP contribution in [-0.4, -0.2) is 35.8 Å². The van der Waals surface area contributed by atoms with Crippen LogP contribution in [0.5, 0.6) is 5.75 Å².